The fourth-order valence-corrected chi connectivity index (χ4v) is 6.69. The third-order valence-corrected chi connectivity index (χ3v) is 8.61. The molecule has 180 valence electrons. The number of aryl methyl sites for hydroxylation is 1. The van der Waals surface area contributed by atoms with Gasteiger partial charge in [-0.1, -0.05) is 41.1 Å². The van der Waals surface area contributed by atoms with Crippen molar-refractivity contribution in [2.75, 3.05) is 13.1 Å². The molecule has 0 aliphatic carbocycles. The monoisotopic (exact) mass is 506 g/mol. The van der Waals surface area contributed by atoms with Gasteiger partial charge in [0, 0.05) is 36.9 Å². The zero-order valence-corrected chi connectivity index (χ0v) is 21.1. The van der Waals surface area contributed by atoms with Gasteiger partial charge in [0.1, 0.15) is 5.15 Å². The number of thioether (sulfide) groups is 1. The molecule has 4 atom stereocenters. The van der Waals surface area contributed by atoms with Crippen molar-refractivity contribution in [3.05, 3.63) is 83.3 Å². The van der Waals surface area contributed by atoms with E-state index < -0.39 is 0 Å². The molecule has 2 saturated heterocycles. The number of carbonyl (C=O) groups is 2. The van der Waals surface area contributed by atoms with E-state index in [-0.39, 0.29) is 28.4 Å². The Morgan fingerprint density at radius 3 is 2.94 bits per heavy atom. The maximum atomic E-state index is 12.9. The number of nitrogens with zero attached hydrogens (tertiary/aromatic N) is 3. The quantitative estimate of drug-likeness (QED) is 0.337. The highest BCUT2D eigenvalue weighted by Crippen LogP contribution is 2.50. The van der Waals surface area contributed by atoms with Gasteiger partial charge in [0.15, 0.2) is 0 Å². The van der Waals surface area contributed by atoms with E-state index >= 15 is 0 Å². The Bertz CT molecular complexity index is 1280. The lowest BCUT2D eigenvalue weighted by atomic mass is 9.79. The van der Waals surface area contributed by atoms with Crippen molar-refractivity contribution >= 4 is 45.4 Å². The molecule has 0 spiro atoms. The molecule has 35 heavy (non-hydrogen) atoms. The molecule has 0 unspecified atom stereocenters. The van der Waals surface area contributed by atoms with Gasteiger partial charge in [-0.2, -0.15) is 0 Å². The summed E-state index contributed by atoms with van der Waals surface area (Å²) in [6.45, 7) is 7.34. The summed E-state index contributed by atoms with van der Waals surface area (Å²) in [7, 11) is 0. The number of pyridine rings is 2. The Morgan fingerprint density at radius 2 is 2.17 bits per heavy atom. The molecule has 2 aliphatic rings. The lowest BCUT2D eigenvalue weighted by Crippen LogP contribution is -2.44. The SMILES string of the molecule is C=C[C@@H](CNC(=O)c1ccc(Cl)nc1)[C@H]1CCN2C(=O)S[C@@H](c3ccnc4ccc(C)cc34)[C@@H]2C1. The van der Waals surface area contributed by atoms with Crippen LogP contribution < -0.4 is 5.32 Å². The van der Waals surface area contributed by atoms with E-state index in [1.54, 1.807) is 12.1 Å². The molecule has 0 saturated carbocycles. The first-order valence-corrected chi connectivity index (χ1v) is 13.0. The van der Waals surface area contributed by atoms with Crippen molar-refractivity contribution in [3.8, 4) is 0 Å². The Kier molecular flexibility index (Phi) is 6.80. The Hall–Kier alpha value is -2.90. The maximum Gasteiger partial charge on any atom is 0.282 e. The maximum absolute atomic E-state index is 12.9. The first-order chi connectivity index (χ1) is 16.9. The molecule has 0 radical (unpaired) electrons. The highest BCUT2D eigenvalue weighted by Gasteiger charge is 2.46. The van der Waals surface area contributed by atoms with E-state index in [1.165, 1.54) is 29.1 Å². The van der Waals surface area contributed by atoms with Crippen LogP contribution in [-0.4, -0.2) is 45.1 Å². The van der Waals surface area contributed by atoms with E-state index in [0.717, 1.165) is 30.3 Å². The summed E-state index contributed by atoms with van der Waals surface area (Å²) in [6.07, 6.45) is 7.01. The molecule has 5 rings (SSSR count). The fraction of sp³-hybridized carbons (Fsp3) is 0.333. The molecule has 3 aromatic rings. The number of nitrogens with one attached hydrogen (secondary N) is 1. The lowest BCUT2D eigenvalue weighted by molar-refractivity contribution is 0.0934. The van der Waals surface area contributed by atoms with Crippen molar-refractivity contribution in [1.29, 1.82) is 0 Å². The predicted molar refractivity (Wildman–Crippen MR) is 141 cm³/mol. The van der Waals surface area contributed by atoms with Crippen LogP contribution in [0.1, 0.15) is 39.6 Å². The van der Waals surface area contributed by atoms with Crippen LogP contribution in [-0.2, 0) is 0 Å². The van der Waals surface area contributed by atoms with E-state index in [0.29, 0.717) is 23.2 Å². The van der Waals surface area contributed by atoms with E-state index in [4.69, 9.17) is 11.6 Å². The fourth-order valence-electron chi connectivity index (χ4n) is 5.25. The second-order valence-corrected chi connectivity index (χ2v) is 10.7. The van der Waals surface area contributed by atoms with Crippen LogP contribution in [0.2, 0.25) is 5.15 Å². The highest BCUT2D eigenvalue weighted by molar-refractivity contribution is 8.14. The average molecular weight is 507 g/mol. The van der Waals surface area contributed by atoms with Gasteiger partial charge in [-0.15, -0.1) is 6.58 Å². The molecule has 4 heterocycles. The second kappa shape index (κ2) is 9.99. The number of aromatic nitrogens is 2. The number of carbonyl (C=O) groups excluding carboxylic acids is 2. The molecule has 1 aromatic carbocycles. The summed E-state index contributed by atoms with van der Waals surface area (Å²) in [5.74, 6) is 0.252. The van der Waals surface area contributed by atoms with Gasteiger partial charge in [-0.25, -0.2) is 4.98 Å². The summed E-state index contributed by atoms with van der Waals surface area (Å²) in [5, 5.41) is 4.69. The Balaban J connectivity index is 1.33. The van der Waals surface area contributed by atoms with Gasteiger partial charge >= 0.3 is 0 Å². The Morgan fingerprint density at radius 1 is 1.31 bits per heavy atom. The number of fused-ring (bicyclic) bond motifs is 2. The molecule has 2 aromatic heterocycles. The van der Waals surface area contributed by atoms with Crippen molar-refractivity contribution in [1.82, 2.24) is 20.2 Å². The third-order valence-electron chi connectivity index (χ3n) is 7.13. The zero-order valence-electron chi connectivity index (χ0n) is 19.5. The van der Waals surface area contributed by atoms with Crippen molar-refractivity contribution in [3.63, 3.8) is 0 Å². The van der Waals surface area contributed by atoms with Crippen molar-refractivity contribution in [2.45, 2.75) is 31.1 Å². The van der Waals surface area contributed by atoms with E-state index in [2.05, 4.69) is 47.0 Å². The molecule has 0 bridgehead atoms. The van der Waals surface area contributed by atoms with Crippen LogP contribution in [0, 0.1) is 18.8 Å². The smallest absolute Gasteiger partial charge is 0.282 e. The van der Waals surface area contributed by atoms with Crippen molar-refractivity contribution < 1.29 is 9.59 Å². The summed E-state index contributed by atoms with van der Waals surface area (Å²) in [5.41, 5.74) is 3.78. The molecule has 8 heteroatoms. The number of hydrogen-bond donors (Lipinski definition) is 1. The minimum absolute atomic E-state index is 0.0535. The van der Waals surface area contributed by atoms with Gasteiger partial charge in [0.2, 0.25) is 0 Å². The number of piperidine rings is 1. The minimum Gasteiger partial charge on any atom is -0.351 e. The van der Waals surface area contributed by atoms with Crippen LogP contribution in [0.4, 0.5) is 4.79 Å². The standard InChI is InChI=1S/C27H27ClN4O2S/c1-3-17(14-31-26(33)19-5-7-24(28)30-15-19)18-9-11-32-23(13-18)25(35-27(32)34)20-8-10-29-22-6-4-16(2)12-21(20)22/h3-8,10,12,15,17-18,23,25H,1,9,11,13-14H2,2H3,(H,31,33)/t17-,18-,23-,25-/m0/s1. The third kappa shape index (κ3) is 4.80. The van der Waals surface area contributed by atoms with Crippen molar-refractivity contribution in [2.24, 2.45) is 11.8 Å². The highest BCUT2D eigenvalue weighted by atomic mass is 35.5. The molecule has 6 nitrogen and oxygen atoms in total. The summed E-state index contributed by atoms with van der Waals surface area (Å²) < 4.78 is 0. The van der Waals surface area contributed by atoms with E-state index in [9.17, 15) is 9.59 Å². The molecule has 2 amide bonds. The number of benzene rings is 1. The molecular formula is C27H27ClN4O2S. The van der Waals surface area contributed by atoms with Gasteiger partial charge in [-0.05, 0) is 67.5 Å². The first kappa shape index (κ1) is 23.8. The number of halogens is 1. The zero-order chi connectivity index (χ0) is 24.5. The normalized spacial score (nSPS) is 22.6. The minimum atomic E-state index is -0.179. The number of hydrogen-bond acceptors (Lipinski definition) is 5. The predicted octanol–water partition coefficient (Wildman–Crippen LogP) is 5.81. The molecule has 2 fully saturated rings. The van der Waals surface area contributed by atoms with Crippen LogP contribution in [0.15, 0.2) is 61.4 Å². The average Bonchev–Trinajstić information content (AvgIpc) is 3.20. The first-order valence-electron chi connectivity index (χ1n) is 11.8. The largest absolute Gasteiger partial charge is 0.351 e. The topological polar surface area (TPSA) is 75.2 Å². The molecular weight excluding hydrogens is 480 g/mol. The van der Waals surface area contributed by atoms with Gasteiger partial charge in [0.05, 0.1) is 16.3 Å². The van der Waals surface area contributed by atoms with Gasteiger partial charge in [0.25, 0.3) is 11.1 Å². The summed E-state index contributed by atoms with van der Waals surface area (Å²) in [4.78, 5) is 36.1. The number of rotatable bonds is 6. The van der Waals surface area contributed by atoms with Gasteiger partial charge < -0.3 is 10.2 Å². The summed E-state index contributed by atoms with van der Waals surface area (Å²) in [6, 6.07) is 11.7. The molecule has 1 N–H and O–H groups in total. The molecule has 2 aliphatic heterocycles. The van der Waals surface area contributed by atoms with E-state index in [1.807, 2.05) is 23.2 Å². The van der Waals surface area contributed by atoms with Crippen LogP contribution >= 0.6 is 23.4 Å². The van der Waals surface area contributed by atoms with Crippen LogP contribution in [0.5, 0.6) is 0 Å². The Labute approximate surface area is 214 Å². The van der Waals surface area contributed by atoms with Crippen LogP contribution in [0.3, 0.4) is 0 Å². The summed E-state index contributed by atoms with van der Waals surface area (Å²) >= 11 is 7.26. The second-order valence-electron chi connectivity index (χ2n) is 9.25. The van der Waals surface area contributed by atoms with Crippen LogP contribution in [0.25, 0.3) is 10.9 Å². The van der Waals surface area contributed by atoms with Gasteiger partial charge in [-0.3, -0.25) is 14.6 Å². The lowest BCUT2D eigenvalue weighted by Gasteiger charge is -2.39. The number of amides is 2.